The molecule has 0 radical (unpaired) electrons. The van der Waals surface area contributed by atoms with E-state index in [0.29, 0.717) is 26.2 Å². The molecular weight excluding hydrogens is 292 g/mol. The van der Waals surface area contributed by atoms with Crippen molar-refractivity contribution in [1.29, 1.82) is 0 Å². The first-order valence-corrected chi connectivity index (χ1v) is 8.22. The molecule has 23 heavy (non-hydrogen) atoms. The first kappa shape index (κ1) is 15.9. The molecule has 3 rings (SSSR count). The summed E-state index contributed by atoms with van der Waals surface area (Å²) < 4.78 is 11.1. The third kappa shape index (κ3) is 3.50. The van der Waals surface area contributed by atoms with Crippen LogP contribution in [0.15, 0.2) is 24.4 Å². The fourth-order valence-electron chi connectivity index (χ4n) is 3.14. The van der Waals surface area contributed by atoms with E-state index in [1.807, 2.05) is 31.3 Å². The predicted molar refractivity (Wildman–Crippen MR) is 89.8 cm³/mol. The van der Waals surface area contributed by atoms with Crippen molar-refractivity contribution in [3.8, 4) is 5.75 Å². The van der Waals surface area contributed by atoms with Crippen molar-refractivity contribution in [2.75, 3.05) is 19.8 Å². The van der Waals surface area contributed by atoms with E-state index in [4.69, 9.17) is 9.47 Å². The normalized spacial score (nSPS) is 17.1. The lowest BCUT2D eigenvalue weighted by Crippen LogP contribution is -2.50. The number of carbonyl (C=O) groups is 1. The summed E-state index contributed by atoms with van der Waals surface area (Å²) in [6, 6.07) is 5.90. The minimum atomic E-state index is -0.163. The lowest BCUT2D eigenvalue weighted by atomic mass is 9.92. The summed E-state index contributed by atoms with van der Waals surface area (Å²) in [4.78, 5) is 15.7. The van der Waals surface area contributed by atoms with Crippen molar-refractivity contribution < 1.29 is 14.3 Å². The zero-order valence-electron chi connectivity index (χ0n) is 13.8. The van der Waals surface area contributed by atoms with Gasteiger partial charge in [-0.15, -0.1) is 0 Å². The smallest absolute Gasteiger partial charge is 0.224 e. The molecular formula is C18H24N2O3. The summed E-state index contributed by atoms with van der Waals surface area (Å²) in [6.45, 7) is 6.07. The Labute approximate surface area is 136 Å². The van der Waals surface area contributed by atoms with Crippen molar-refractivity contribution in [2.45, 2.75) is 38.6 Å². The summed E-state index contributed by atoms with van der Waals surface area (Å²) in [5.74, 6) is 0.868. The number of rotatable bonds is 5. The van der Waals surface area contributed by atoms with E-state index in [-0.39, 0.29) is 11.4 Å². The van der Waals surface area contributed by atoms with Gasteiger partial charge in [0.05, 0.1) is 13.0 Å². The van der Waals surface area contributed by atoms with Gasteiger partial charge in [-0.25, -0.2) is 0 Å². The van der Waals surface area contributed by atoms with Crippen LogP contribution in [0.3, 0.4) is 0 Å². The Morgan fingerprint density at radius 1 is 1.39 bits per heavy atom. The van der Waals surface area contributed by atoms with Crippen LogP contribution in [0.25, 0.3) is 10.9 Å². The molecule has 1 aliphatic heterocycles. The largest absolute Gasteiger partial charge is 0.493 e. The second-order valence-electron chi connectivity index (χ2n) is 6.32. The van der Waals surface area contributed by atoms with E-state index < -0.39 is 0 Å². The molecule has 124 valence electrons. The number of hydrogen-bond donors (Lipinski definition) is 2. The average molecular weight is 316 g/mol. The molecule has 1 aliphatic rings. The van der Waals surface area contributed by atoms with Gasteiger partial charge in [0.15, 0.2) is 0 Å². The number of ether oxygens (including phenoxy) is 2. The Morgan fingerprint density at radius 2 is 2.17 bits per heavy atom. The predicted octanol–water partition coefficient (Wildman–Crippen LogP) is 2.79. The molecule has 2 N–H and O–H groups in total. The Balaban J connectivity index is 1.77. The van der Waals surface area contributed by atoms with Crippen molar-refractivity contribution in [3.05, 3.63) is 30.0 Å². The Hall–Kier alpha value is -2.01. The molecule has 0 atom stereocenters. The molecule has 0 saturated carbocycles. The summed E-state index contributed by atoms with van der Waals surface area (Å²) in [5, 5.41) is 4.18. The Bertz CT molecular complexity index is 687. The fraction of sp³-hybridized carbons (Fsp3) is 0.500. The van der Waals surface area contributed by atoms with E-state index >= 15 is 0 Å². The molecule has 1 amide bonds. The average Bonchev–Trinajstić information content (AvgIpc) is 2.92. The minimum Gasteiger partial charge on any atom is -0.493 e. The molecule has 1 saturated heterocycles. The van der Waals surface area contributed by atoms with Gasteiger partial charge in [-0.05, 0) is 44.4 Å². The number of hydrogen-bond acceptors (Lipinski definition) is 3. The molecule has 2 aromatic rings. The minimum absolute atomic E-state index is 0.0431. The second kappa shape index (κ2) is 6.62. The molecule has 0 aliphatic carbocycles. The third-order valence-electron chi connectivity index (χ3n) is 4.44. The highest BCUT2D eigenvalue weighted by Gasteiger charge is 2.29. The molecule has 1 aromatic carbocycles. The first-order chi connectivity index (χ1) is 11.1. The van der Waals surface area contributed by atoms with Gasteiger partial charge in [-0.1, -0.05) is 6.07 Å². The maximum absolute atomic E-state index is 12.5. The van der Waals surface area contributed by atoms with Gasteiger partial charge >= 0.3 is 0 Å². The number of amides is 1. The van der Waals surface area contributed by atoms with Crippen molar-refractivity contribution >= 4 is 16.8 Å². The lowest BCUT2D eigenvalue weighted by molar-refractivity contribution is -0.123. The van der Waals surface area contributed by atoms with Crippen molar-refractivity contribution in [2.24, 2.45) is 0 Å². The maximum Gasteiger partial charge on any atom is 0.224 e. The van der Waals surface area contributed by atoms with Gasteiger partial charge < -0.3 is 19.8 Å². The topological polar surface area (TPSA) is 63.4 Å². The Morgan fingerprint density at radius 3 is 2.91 bits per heavy atom. The van der Waals surface area contributed by atoms with Crippen LogP contribution in [-0.2, 0) is 16.0 Å². The molecule has 0 bridgehead atoms. The van der Waals surface area contributed by atoms with Gasteiger partial charge in [-0.3, -0.25) is 4.79 Å². The molecule has 5 heteroatoms. The van der Waals surface area contributed by atoms with E-state index in [1.165, 1.54) is 0 Å². The SMILES string of the molecule is CCOc1cccc2[nH]cc(CC(=O)NC3(C)CCOCC3)c12. The standard InChI is InChI=1S/C18H24N2O3/c1-3-23-15-6-4-5-14-17(15)13(12-19-14)11-16(21)20-18(2)7-9-22-10-8-18/h4-6,12,19H,3,7-11H2,1-2H3,(H,20,21). The zero-order chi connectivity index (χ0) is 16.3. The van der Waals surface area contributed by atoms with Crippen LogP contribution in [0.5, 0.6) is 5.75 Å². The van der Waals surface area contributed by atoms with E-state index in [2.05, 4.69) is 17.2 Å². The van der Waals surface area contributed by atoms with Gasteiger partial charge in [0.2, 0.25) is 5.91 Å². The molecule has 5 nitrogen and oxygen atoms in total. The number of aromatic amines is 1. The summed E-state index contributed by atoms with van der Waals surface area (Å²) in [7, 11) is 0. The number of benzene rings is 1. The van der Waals surface area contributed by atoms with Crippen molar-refractivity contribution in [1.82, 2.24) is 10.3 Å². The fourth-order valence-corrected chi connectivity index (χ4v) is 3.14. The highest BCUT2D eigenvalue weighted by atomic mass is 16.5. The number of H-pyrrole nitrogens is 1. The number of carbonyl (C=O) groups excluding carboxylic acids is 1. The van der Waals surface area contributed by atoms with Crippen LogP contribution < -0.4 is 10.1 Å². The summed E-state index contributed by atoms with van der Waals surface area (Å²) in [5.41, 5.74) is 1.80. The monoisotopic (exact) mass is 316 g/mol. The molecule has 1 fully saturated rings. The van der Waals surface area contributed by atoms with Crippen LogP contribution in [0.2, 0.25) is 0 Å². The van der Waals surface area contributed by atoms with Crippen LogP contribution in [0.1, 0.15) is 32.3 Å². The van der Waals surface area contributed by atoms with E-state index in [1.54, 1.807) is 0 Å². The number of aromatic nitrogens is 1. The zero-order valence-corrected chi connectivity index (χ0v) is 13.8. The van der Waals surface area contributed by atoms with Gasteiger partial charge in [-0.2, -0.15) is 0 Å². The second-order valence-corrected chi connectivity index (χ2v) is 6.32. The molecule has 2 heterocycles. The van der Waals surface area contributed by atoms with Crippen molar-refractivity contribution in [3.63, 3.8) is 0 Å². The number of nitrogens with one attached hydrogen (secondary N) is 2. The Kier molecular flexibility index (Phi) is 4.57. The quantitative estimate of drug-likeness (QED) is 0.891. The van der Waals surface area contributed by atoms with Crippen LogP contribution in [0.4, 0.5) is 0 Å². The summed E-state index contributed by atoms with van der Waals surface area (Å²) in [6.07, 6.45) is 3.97. The first-order valence-electron chi connectivity index (χ1n) is 8.22. The highest BCUT2D eigenvalue weighted by molar-refractivity contribution is 5.93. The summed E-state index contributed by atoms with van der Waals surface area (Å²) >= 11 is 0. The van der Waals surface area contributed by atoms with Gasteiger partial charge in [0.1, 0.15) is 5.75 Å². The molecule has 0 unspecified atom stereocenters. The number of fused-ring (bicyclic) bond motifs is 1. The maximum atomic E-state index is 12.5. The van der Waals surface area contributed by atoms with Gasteiger partial charge in [0.25, 0.3) is 0 Å². The van der Waals surface area contributed by atoms with Gasteiger partial charge in [0, 0.05) is 35.9 Å². The molecule has 0 spiro atoms. The third-order valence-corrected chi connectivity index (χ3v) is 4.44. The lowest BCUT2D eigenvalue weighted by Gasteiger charge is -2.34. The molecule has 1 aromatic heterocycles. The van der Waals surface area contributed by atoms with E-state index in [0.717, 1.165) is 35.1 Å². The van der Waals surface area contributed by atoms with Crippen LogP contribution in [-0.4, -0.2) is 36.3 Å². The highest BCUT2D eigenvalue weighted by Crippen LogP contribution is 2.29. The van der Waals surface area contributed by atoms with Crippen LogP contribution >= 0.6 is 0 Å². The van der Waals surface area contributed by atoms with Crippen LogP contribution in [0, 0.1) is 0 Å². The van der Waals surface area contributed by atoms with E-state index in [9.17, 15) is 4.79 Å².